The molecular weight excluding hydrogens is 488 g/mol. The minimum Gasteiger partial charge on any atom is -0.324 e. The molecule has 0 aliphatic carbocycles. The zero-order valence-corrected chi connectivity index (χ0v) is 21.0. The molecule has 2 aliphatic heterocycles. The van der Waals surface area contributed by atoms with Crippen molar-refractivity contribution in [1.29, 1.82) is 0 Å². The highest BCUT2D eigenvalue weighted by atomic mass is 32.2. The normalized spacial score (nSPS) is 20.7. The Morgan fingerprint density at radius 3 is 2.41 bits per heavy atom. The molecule has 188 valence electrons. The fourth-order valence-electron chi connectivity index (χ4n) is 3.69. The summed E-state index contributed by atoms with van der Waals surface area (Å²) in [5.74, 6) is -4.46. The molecule has 4 rings (SSSR count). The Morgan fingerprint density at radius 1 is 1.15 bits per heavy atom. The van der Waals surface area contributed by atoms with E-state index in [9.17, 15) is 22.4 Å². The van der Waals surface area contributed by atoms with E-state index in [1.165, 1.54) is 35.0 Å². The molecule has 2 aromatic carbocycles. The minimum atomic E-state index is -3.03. The maximum Gasteiger partial charge on any atom is 0.318 e. The van der Waals surface area contributed by atoms with Crippen molar-refractivity contribution in [2.45, 2.75) is 49.7 Å². The number of carbonyl (C=O) groups excluding carboxylic acids is 1. The van der Waals surface area contributed by atoms with Crippen LogP contribution < -0.4 is 15.8 Å². The predicted molar refractivity (Wildman–Crippen MR) is 132 cm³/mol. The van der Waals surface area contributed by atoms with Crippen LogP contribution >= 0.6 is 24.6 Å². The molecule has 11 heteroatoms. The quantitative estimate of drug-likeness (QED) is 0.238. The zero-order chi connectivity index (χ0) is 25.5. The molecule has 0 saturated carbocycles. The van der Waals surface area contributed by atoms with Crippen LogP contribution in [0, 0.1) is 11.6 Å². The van der Waals surface area contributed by atoms with Crippen LogP contribution in [0.2, 0.25) is 0 Å². The number of thiol groups is 1. The van der Waals surface area contributed by atoms with Crippen molar-refractivity contribution in [2.24, 2.45) is 5.73 Å². The standard InChI is InChI=1S/C20H20F4N4OS.C2H6.CH4S/c21-12-4-2-5-13(22)16(12)11-3-1-6-14-17(11)18(27-30-14)26-19(29)28-9-7-15(25)20(23,24)8-10-28;2*1-2/h1-6,15,18,27H,7-10,25H2,(H,26,29);1-2H3;2H,1H3/t15-,18?;;/m1../s1. The first-order valence-corrected chi connectivity index (χ1v) is 12.6. The van der Waals surface area contributed by atoms with Gasteiger partial charge in [0.1, 0.15) is 17.8 Å². The Labute approximate surface area is 207 Å². The summed E-state index contributed by atoms with van der Waals surface area (Å²) in [6.45, 7) is 3.96. The molecule has 2 amide bonds. The van der Waals surface area contributed by atoms with Crippen LogP contribution in [0.25, 0.3) is 11.1 Å². The van der Waals surface area contributed by atoms with Gasteiger partial charge in [0.2, 0.25) is 0 Å². The number of nitrogens with zero attached hydrogens (tertiary/aromatic N) is 1. The first-order valence-electron chi connectivity index (χ1n) is 10.9. The summed E-state index contributed by atoms with van der Waals surface area (Å²) in [5, 5.41) is 2.75. The summed E-state index contributed by atoms with van der Waals surface area (Å²) in [6, 6.07) is 6.80. The predicted octanol–water partition coefficient (Wildman–Crippen LogP) is 5.58. The smallest absolute Gasteiger partial charge is 0.318 e. The molecular formula is C23H30F4N4OS2. The fraction of sp³-hybridized carbons (Fsp3) is 0.435. The third-order valence-corrected chi connectivity index (χ3v) is 6.33. The van der Waals surface area contributed by atoms with E-state index in [0.29, 0.717) is 16.0 Å². The SMILES string of the molecule is CC.CS.N[C@@H]1CCN(C(=O)NC2NSc3cccc(-c4c(F)cccc4F)c32)CCC1(F)F. The Hall–Kier alpha value is -1.95. The van der Waals surface area contributed by atoms with Gasteiger partial charge in [-0.1, -0.05) is 32.0 Å². The van der Waals surface area contributed by atoms with Gasteiger partial charge in [0.05, 0.1) is 11.6 Å². The molecule has 1 fully saturated rings. The summed E-state index contributed by atoms with van der Waals surface area (Å²) < 4.78 is 59.5. The number of alkyl halides is 2. The first kappa shape index (κ1) is 28.3. The number of nitrogens with one attached hydrogen (secondary N) is 2. The first-order chi connectivity index (χ1) is 16.3. The van der Waals surface area contributed by atoms with E-state index in [-0.39, 0.29) is 25.1 Å². The summed E-state index contributed by atoms with van der Waals surface area (Å²) >= 11 is 4.75. The van der Waals surface area contributed by atoms with Crippen LogP contribution in [-0.2, 0) is 0 Å². The molecule has 1 unspecified atom stereocenters. The van der Waals surface area contributed by atoms with Crippen molar-refractivity contribution in [1.82, 2.24) is 14.9 Å². The van der Waals surface area contributed by atoms with Crippen LogP contribution in [0.4, 0.5) is 22.4 Å². The summed E-state index contributed by atoms with van der Waals surface area (Å²) in [7, 11) is 0. The summed E-state index contributed by atoms with van der Waals surface area (Å²) in [6.07, 6.45) is 0.414. The monoisotopic (exact) mass is 518 g/mol. The number of hydrogen-bond donors (Lipinski definition) is 4. The molecule has 1 saturated heterocycles. The second-order valence-corrected chi connectivity index (χ2v) is 8.19. The third kappa shape index (κ3) is 6.18. The zero-order valence-electron chi connectivity index (χ0n) is 19.2. The second-order valence-electron chi connectivity index (χ2n) is 7.31. The van der Waals surface area contributed by atoms with E-state index in [1.54, 1.807) is 24.5 Å². The van der Waals surface area contributed by atoms with Crippen LogP contribution in [0.5, 0.6) is 0 Å². The van der Waals surface area contributed by atoms with Crippen LogP contribution in [0.1, 0.15) is 38.4 Å². The molecule has 4 N–H and O–H groups in total. The topological polar surface area (TPSA) is 70.4 Å². The molecule has 0 bridgehead atoms. The molecule has 2 aliphatic rings. The highest BCUT2D eigenvalue weighted by Crippen LogP contribution is 2.41. The van der Waals surface area contributed by atoms with Gasteiger partial charge in [-0.05, 0) is 48.4 Å². The van der Waals surface area contributed by atoms with Gasteiger partial charge in [-0.25, -0.2) is 27.1 Å². The summed E-state index contributed by atoms with van der Waals surface area (Å²) in [5.41, 5.74) is 6.18. The van der Waals surface area contributed by atoms with Gasteiger partial charge in [0.15, 0.2) is 0 Å². The third-order valence-electron chi connectivity index (χ3n) is 5.40. The second kappa shape index (κ2) is 12.7. The average Bonchev–Trinajstić information content (AvgIpc) is 3.18. The molecule has 0 spiro atoms. The molecule has 2 aromatic rings. The van der Waals surface area contributed by atoms with Gasteiger partial charge in [-0.15, -0.1) is 0 Å². The minimum absolute atomic E-state index is 0.0183. The number of nitrogens with two attached hydrogens (primary N) is 1. The number of benzene rings is 2. The van der Waals surface area contributed by atoms with Crippen molar-refractivity contribution >= 4 is 30.6 Å². The van der Waals surface area contributed by atoms with Gasteiger partial charge < -0.3 is 16.0 Å². The maximum absolute atomic E-state index is 14.4. The van der Waals surface area contributed by atoms with Crippen molar-refractivity contribution in [3.8, 4) is 11.1 Å². The van der Waals surface area contributed by atoms with Crippen LogP contribution in [0.3, 0.4) is 0 Å². The Kier molecular flexibility index (Phi) is 10.5. The van der Waals surface area contributed by atoms with Gasteiger partial charge in [0.25, 0.3) is 5.92 Å². The van der Waals surface area contributed by atoms with Crippen molar-refractivity contribution < 1.29 is 22.4 Å². The Balaban J connectivity index is 0.000000970. The lowest BCUT2D eigenvalue weighted by atomic mass is 9.97. The molecule has 5 nitrogen and oxygen atoms in total. The lowest BCUT2D eigenvalue weighted by Crippen LogP contribution is -2.44. The molecule has 2 atom stereocenters. The van der Waals surface area contributed by atoms with Crippen LogP contribution in [0.15, 0.2) is 41.3 Å². The van der Waals surface area contributed by atoms with Gasteiger partial charge in [0, 0.05) is 30.0 Å². The fourth-order valence-corrected chi connectivity index (χ4v) is 4.60. The molecule has 34 heavy (non-hydrogen) atoms. The van der Waals surface area contributed by atoms with Crippen LogP contribution in [-0.4, -0.2) is 42.2 Å². The van der Waals surface area contributed by atoms with E-state index >= 15 is 0 Å². The molecule has 0 aromatic heterocycles. The van der Waals surface area contributed by atoms with Gasteiger partial charge >= 0.3 is 6.03 Å². The largest absolute Gasteiger partial charge is 0.324 e. The van der Waals surface area contributed by atoms with Crippen molar-refractivity contribution in [2.75, 3.05) is 19.3 Å². The lowest BCUT2D eigenvalue weighted by molar-refractivity contribution is -0.0289. The Bertz CT molecular complexity index is 960. The van der Waals surface area contributed by atoms with Gasteiger partial charge in [-0.3, -0.25) is 0 Å². The van der Waals surface area contributed by atoms with E-state index < -0.39 is 42.2 Å². The number of halogens is 4. The van der Waals surface area contributed by atoms with Gasteiger partial charge in [-0.2, -0.15) is 12.6 Å². The van der Waals surface area contributed by atoms with E-state index in [2.05, 4.69) is 22.7 Å². The summed E-state index contributed by atoms with van der Waals surface area (Å²) in [4.78, 5) is 14.7. The number of carbonyl (C=O) groups is 1. The van der Waals surface area contributed by atoms with E-state index in [1.807, 2.05) is 13.8 Å². The number of hydrogen-bond acceptors (Lipinski definition) is 5. The van der Waals surface area contributed by atoms with Crippen molar-refractivity contribution in [3.05, 3.63) is 53.6 Å². The van der Waals surface area contributed by atoms with E-state index in [0.717, 1.165) is 0 Å². The maximum atomic E-state index is 14.4. The number of fused-ring (bicyclic) bond motifs is 1. The number of rotatable bonds is 2. The average molecular weight is 519 g/mol. The molecule has 2 heterocycles. The van der Waals surface area contributed by atoms with Crippen molar-refractivity contribution in [3.63, 3.8) is 0 Å². The highest BCUT2D eigenvalue weighted by Gasteiger charge is 2.40. The molecule has 0 radical (unpaired) electrons. The van der Waals surface area contributed by atoms with E-state index in [4.69, 9.17) is 5.73 Å². The highest BCUT2D eigenvalue weighted by molar-refractivity contribution is 7.97. The lowest BCUT2D eigenvalue weighted by Gasteiger charge is -2.24. The number of urea groups is 1. The Morgan fingerprint density at radius 2 is 1.76 bits per heavy atom. The number of likely N-dealkylation sites (tertiary alicyclic amines) is 1. The number of amides is 2.